The topological polar surface area (TPSA) is 99.1 Å². The Morgan fingerprint density at radius 3 is 2.76 bits per heavy atom. The zero-order valence-corrected chi connectivity index (χ0v) is 15.3. The number of rotatable bonds is 5. The molecule has 4 rings (SSSR count). The number of benzene rings is 2. The molecule has 0 bridgehead atoms. The number of ether oxygens (including phenoxy) is 1. The normalized spacial score (nSPS) is 11.2. The predicted molar refractivity (Wildman–Crippen MR) is 107 cm³/mol. The van der Waals surface area contributed by atoms with Crippen LogP contribution in [0.1, 0.15) is 0 Å². The van der Waals surface area contributed by atoms with Crippen LogP contribution in [0, 0.1) is 0 Å². The maximum atomic E-state index is 12.9. The molecule has 0 saturated heterocycles. The molecule has 0 saturated carbocycles. The standard InChI is InChI=1S/C19H16BF2N5O2/c1-20(28)14-8-13(11-3-4-12-15(23)10-24-26-16(12)7-11)17(27-6-2-5-25-27)9-18(14)29-19(21)22/h2-10,19,28H,1H3,(H2,23,26). The van der Waals surface area contributed by atoms with E-state index in [1.54, 1.807) is 30.6 Å². The summed E-state index contributed by atoms with van der Waals surface area (Å²) < 4.78 is 32.0. The Hall–Kier alpha value is -3.53. The fourth-order valence-electron chi connectivity index (χ4n) is 3.19. The van der Waals surface area contributed by atoms with E-state index in [9.17, 15) is 13.8 Å². The van der Waals surface area contributed by atoms with Crippen LogP contribution >= 0.6 is 0 Å². The van der Waals surface area contributed by atoms with Gasteiger partial charge in [-0.1, -0.05) is 19.0 Å². The highest BCUT2D eigenvalue weighted by Crippen LogP contribution is 2.32. The second-order valence-corrected chi connectivity index (χ2v) is 6.44. The maximum Gasteiger partial charge on any atom is 0.387 e. The third kappa shape index (κ3) is 3.62. The van der Waals surface area contributed by atoms with Crippen molar-refractivity contribution in [2.24, 2.45) is 0 Å². The number of alkyl halides is 2. The lowest BCUT2D eigenvalue weighted by Gasteiger charge is -2.18. The molecule has 0 spiro atoms. The van der Waals surface area contributed by atoms with Crippen molar-refractivity contribution in [3.63, 3.8) is 0 Å². The minimum atomic E-state index is -3.03. The average Bonchev–Trinajstić information content (AvgIpc) is 3.21. The van der Waals surface area contributed by atoms with Crippen molar-refractivity contribution in [2.45, 2.75) is 13.4 Å². The first-order chi connectivity index (χ1) is 13.9. The van der Waals surface area contributed by atoms with Gasteiger partial charge in [-0.3, -0.25) is 0 Å². The Labute approximate surface area is 164 Å². The van der Waals surface area contributed by atoms with Gasteiger partial charge in [-0.2, -0.15) is 24.1 Å². The van der Waals surface area contributed by atoms with Crippen LogP contribution in [0.5, 0.6) is 5.75 Å². The third-order valence-electron chi connectivity index (χ3n) is 4.53. The molecular weight excluding hydrogens is 379 g/mol. The van der Waals surface area contributed by atoms with Crippen molar-refractivity contribution < 1.29 is 18.5 Å². The molecule has 0 radical (unpaired) electrons. The second kappa shape index (κ2) is 7.48. The van der Waals surface area contributed by atoms with Crippen molar-refractivity contribution >= 4 is 29.0 Å². The Bertz CT molecular complexity index is 1170. The van der Waals surface area contributed by atoms with Gasteiger partial charge in [0.05, 0.1) is 23.1 Å². The minimum absolute atomic E-state index is 0.117. The van der Waals surface area contributed by atoms with E-state index in [4.69, 9.17) is 5.73 Å². The molecule has 7 nitrogen and oxygen atoms in total. The smallest absolute Gasteiger partial charge is 0.387 e. The van der Waals surface area contributed by atoms with Gasteiger partial charge in [0, 0.05) is 29.4 Å². The summed E-state index contributed by atoms with van der Waals surface area (Å²) in [5, 5.41) is 23.1. The van der Waals surface area contributed by atoms with Gasteiger partial charge in [0.2, 0.25) is 0 Å². The molecule has 0 aliphatic carbocycles. The lowest BCUT2D eigenvalue weighted by atomic mass is 9.63. The molecule has 10 heteroatoms. The number of nitrogens with zero attached hydrogens (tertiary/aromatic N) is 4. The van der Waals surface area contributed by atoms with Crippen molar-refractivity contribution in [3.05, 3.63) is 55.0 Å². The number of fused-ring (bicyclic) bond motifs is 1. The fraction of sp³-hybridized carbons (Fsp3) is 0.105. The van der Waals surface area contributed by atoms with Gasteiger partial charge in [-0.05, 0) is 29.2 Å². The first-order valence-corrected chi connectivity index (χ1v) is 8.76. The molecular formula is C19H16BF2N5O2. The number of hydrogen-bond acceptors (Lipinski definition) is 6. The van der Waals surface area contributed by atoms with Crippen molar-refractivity contribution in [3.8, 4) is 22.6 Å². The second-order valence-electron chi connectivity index (χ2n) is 6.44. The molecule has 3 N–H and O–H groups in total. The summed E-state index contributed by atoms with van der Waals surface area (Å²) >= 11 is 0. The maximum absolute atomic E-state index is 12.9. The van der Waals surface area contributed by atoms with Gasteiger partial charge in [0.15, 0.2) is 0 Å². The highest BCUT2D eigenvalue weighted by atomic mass is 19.3. The average molecular weight is 395 g/mol. The molecule has 0 atom stereocenters. The Morgan fingerprint density at radius 1 is 1.24 bits per heavy atom. The van der Waals surface area contributed by atoms with Crippen molar-refractivity contribution in [2.75, 3.05) is 5.73 Å². The quantitative estimate of drug-likeness (QED) is 0.504. The van der Waals surface area contributed by atoms with E-state index in [1.807, 2.05) is 12.1 Å². The van der Waals surface area contributed by atoms with Crippen LogP contribution in [0.3, 0.4) is 0 Å². The molecule has 2 aromatic heterocycles. The predicted octanol–water partition coefficient (Wildman–Crippen LogP) is 2.49. The van der Waals surface area contributed by atoms with Crippen LogP contribution in [0.4, 0.5) is 14.5 Å². The van der Waals surface area contributed by atoms with Gasteiger partial charge in [0.1, 0.15) is 5.75 Å². The first kappa shape index (κ1) is 18.8. The molecule has 4 aromatic rings. The van der Waals surface area contributed by atoms with Crippen LogP contribution in [0.15, 0.2) is 55.0 Å². The molecule has 146 valence electrons. The van der Waals surface area contributed by atoms with Gasteiger partial charge >= 0.3 is 13.5 Å². The number of halogens is 2. The molecule has 2 aromatic carbocycles. The summed E-state index contributed by atoms with van der Waals surface area (Å²) in [6, 6.07) is 10.2. The summed E-state index contributed by atoms with van der Waals surface area (Å²) in [7, 11) is 0. The summed E-state index contributed by atoms with van der Waals surface area (Å²) in [4.78, 5) is 0. The largest absolute Gasteiger partial charge is 0.446 e. The van der Waals surface area contributed by atoms with Crippen LogP contribution < -0.4 is 15.9 Å². The Kier molecular flexibility index (Phi) is 4.85. The van der Waals surface area contributed by atoms with Crippen molar-refractivity contribution in [1.29, 1.82) is 0 Å². The van der Waals surface area contributed by atoms with Gasteiger partial charge in [-0.25, -0.2) is 4.68 Å². The summed E-state index contributed by atoms with van der Waals surface area (Å²) in [6.45, 7) is -2.56. The van der Waals surface area contributed by atoms with E-state index in [0.29, 0.717) is 22.5 Å². The lowest BCUT2D eigenvalue weighted by molar-refractivity contribution is -0.0491. The summed E-state index contributed by atoms with van der Waals surface area (Å²) in [5.41, 5.74) is 9.15. The van der Waals surface area contributed by atoms with Gasteiger partial charge < -0.3 is 15.5 Å². The monoisotopic (exact) mass is 395 g/mol. The van der Waals surface area contributed by atoms with Crippen LogP contribution in [0.25, 0.3) is 27.7 Å². The highest BCUT2D eigenvalue weighted by molar-refractivity contribution is 6.66. The number of anilines is 1. The number of nitrogens with two attached hydrogens (primary N) is 1. The van der Waals surface area contributed by atoms with Gasteiger partial charge in [0.25, 0.3) is 0 Å². The van der Waals surface area contributed by atoms with Gasteiger partial charge in [-0.15, -0.1) is 0 Å². The van der Waals surface area contributed by atoms with Crippen molar-refractivity contribution in [1.82, 2.24) is 20.0 Å². The Balaban J connectivity index is 1.97. The van der Waals surface area contributed by atoms with E-state index in [0.717, 1.165) is 10.9 Å². The third-order valence-corrected chi connectivity index (χ3v) is 4.53. The van der Waals surface area contributed by atoms with Crippen LogP contribution in [0.2, 0.25) is 6.82 Å². The zero-order valence-electron chi connectivity index (χ0n) is 15.3. The molecule has 0 unspecified atom stereocenters. The molecule has 29 heavy (non-hydrogen) atoms. The SMILES string of the molecule is CB(O)c1cc(-c2ccc3c(N)cnnc3c2)c(-n2cccn2)cc1OC(F)F. The molecule has 0 fully saturated rings. The number of aromatic nitrogens is 4. The first-order valence-electron chi connectivity index (χ1n) is 8.76. The van der Waals surface area contributed by atoms with E-state index < -0.39 is 13.5 Å². The van der Waals surface area contributed by atoms with E-state index in [1.165, 1.54) is 23.8 Å². The van der Waals surface area contributed by atoms with E-state index in [-0.39, 0.29) is 11.2 Å². The number of nitrogen functional groups attached to an aromatic ring is 1. The van der Waals surface area contributed by atoms with Crippen LogP contribution in [-0.2, 0) is 0 Å². The molecule has 2 heterocycles. The molecule has 0 aliphatic heterocycles. The minimum Gasteiger partial charge on any atom is -0.446 e. The Morgan fingerprint density at radius 2 is 2.07 bits per heavy atom. The highest BCUT2D eigenvalue weighted by Gasteiger charge is 2.21. The zero-order chi connectivity index (χ0) is 20.5. The van der Waals surface area contributed by atoms with E-state index >= 15 is 0 Å². The lowest BCUT2D eigenvalue weighted by Crippen LogP contribution is -2.29. The van der Waals surface area contributed by atoms with E-state index in [2.05, 4.69) is 20.0 Å². The summed E-state index contributed by atoms with van der Waals surface area (Å²) in [5.74, 6) is -0.117. The fourth-order valence-corrected chi connectivity index (χ4v) is 3.19. The molecule has 0 aliphatic rings. The van der Waals surface area contributed by atoms with Crippen LogP contribution in [-0.4, -0.2) is 38.5 Å². The number of hydrogen-bond donors (Lipinski definition) is 2. The molecule has 0 amide bonds. The summed E-state index contributed by atoms with van der Waals surface area (Å²) in [6.07, 6.45) is 4.73.